The fourth-order valence-corrected chi connectivity index (χ4v) is 2.41. The fraction of sp³-hybridized carbons (Fsp3) is 0.625. The summed E-state index contributed by atoms with van der Waals surface area (Å²) in [6, 6.07) is 2.35. The van der Waals surface area contributed by atoms with Gasteiger partial charge in [0, 0.05) is 39.5 Å². The SMILES string of the molecule is CN=C(NCCCNc1ccc(C(F)(F)F)cn1)NCC1CCCO1.I. The van der Waals surface area contributed by atoms with Crippen molar-refractivity contribution in [3.05, 3.63) is 23.9 Å². The minimum absolute atomic E-state index is 0. The molecule has 0 amide bonds. The van der Waals surface area contributed by atoms with Crippen LogP contribution < -0.4 is 16.0 Å². The summed E-state index contributed by atoms with van der Waals surface area (Å²) in [5.74, 6) is 1.14. The summed E-state index contributed by atoms with van der Waals surface area (Å²) in [5.41, 5.74) is -0.749. The summed E-state index contributed by atoms with van der Waals surface area (Å²) in [6.45, 7) is 2.82. The second kappa shape index (κ2) is 11.4. The Hall–Kier alpha value is -1.30. The van der Waals surface area contributed by atoms with Gasteiger partial charge in [-0.15, -0.1) is 24.0 Å². The van der Waals surface area contributed by atoms with Crippen LogP contribution in [-0.4, -0.2) is 50.3 Å². The Labute approximate surface area is 168 Å². The van der Waals surface area contributed by atoms with E-state index in [-0.39, 0.29) is 30.1 Å². The summed E-state index contributed by atoms with van der Waals surface area (Å²) >= 11 is 0. The molecule has 1 saturated heterocycles. The number of nitrogens with zero attached hydrogens (tertiary/aromatic N) is 2. The Morgan fingerprint density at radius 3 is 2.69 bits per heavy atom. The summed E-state index contributed by atoms with van der Waals surface area (Å²) < 4.78 is 42.9. The normalized spacial score (nSPS) is 17.5. The number of hydrogen-bond donors (Lipinski definition) is 3. The highest BCUT2D eigenvalue weighted by atomic mass is 127. The van der Waals surface area contributed by atoms with Crippen LogP contribution in [0.25, 0.3) is 0 Å². The number of alkyl halides is 3. The lowest BCUT2D eigenvalue weighted by molar-refractivity contribution is -0.137. The number of rotatable bonds is 7. The lowest BCUT2D eigenvalue weighted by Crippen LogP contribution is -2.41. The van der Waals surface area contributed by atoms with Gasteiger partial charge in [0.1, 0.15) is 5.82 Å². The molecule has 0 saturated carbocycles. The summed E-state index contributed by atoms with van der Waals surface area (Å²) in [4.78, 5) is 7.90. The van der Waals surface area contributed by atoms with E-state index >= 15 is 0 Å². The van der Waals surface area contributed by atoms with Crippen LogP contribution in [0.1, 0.15) is 24.8 Å². The molecule has 10 heteroatoms. The molecule has 0 aliphatic carbocycles. The molecule has 6 nitrogen and oxygen atoms in total. The molecule has 0 aromatic carbocycles. The second-order valence-electron chi connectivity index (χ2n) is 5.73. The van der Waals surface area contributed by atoms with E-state index in [2.05, 4.69) is 25.9 Å². The monoisotopic (exact) mass is 487 g/mol. The maximum atomic E-state index is 12.4. The lowest BCUT2D eigenvalue weighted by atomic mass is 10.2. The van der Waals surface area contributed by atoms with Gasteiger partial charge in [-0.2, -0.15) is 13.2 Å². The molecular formula is C16H25F3IN5O. The number of pyridine rings is 1. The maximum Gasteiger partial charge on any atom is 0.417 e. The Kier molecular flexibility index (Phi) is 9.99. The van der Waals surface area contributed by atoms with Gasteiger partial charge in [-0.1, -0.05) is 0 Å². The van der Waals surface area contributed by atoms with Crippen LogP contribution in [-0.2, 0) is 10.9 Å². The average Bonchev–Trinajstić information content (AvgIpc) is 3.10. The molecule has 1 fully saturated rings. The van der Waals surface area contributed by atoms with E-state index in [1.54, 1.807) is 7.05 Å². The Balaban J connectivity index is 0.00000338. The molecule has 1 aliphatic rings. The van der Waals surface area contributed by atoms with Gasteiger partial charge in [-0.05, 0) is 31.4 Å². The number of guanidine groups is 1. The van der Waals surface area contributed by atoms with Gasteiger partial charge in [-0.3, -0.25) is 4.99 Å². The van der Waals surface area contributed by atoms with Crippen LogP contribution in [0, 0.1) is 0 Å². The van der Waals surface area contributed by atoms with Gasteiger partial charge in [0.05, 0.1) is 11.7 Å². The highest BCUT2D eigenvalue weighted by molar-refractivity contribution is 14.0. The van der Waals surface area contributed by atoms with Crippen molar-refractivity contribution in [2.75, 3.05) is 38.6 Å². The first kappa shape index (κ1) is 22.7. The van der Waals surface area contributed by atoms with E-state index in [0.717, 1.165) is 44.7 Å². The minimum atomic E-state index is -4.36. The molecule has 0 spiro atoms. The van der Waals surface area contributed by atoms with Gasteiger partial charge in [0.15, 0.2) is 5.96 Å². The first-order chi connectivity index (χ1) is 12.0. The summed E-state index contributed by atoms with van der Waals surface area (Å²) in [6.07, 6.45) is -0.357. The molecule has 1 aliphatic heterocycles. The van der Waals surface area contributed by atoms with Crippen LogP contribution >= 0.6 is 24.0 Å². The van der Waals surface area contributed by atoms with E-state index in [4.69, 9.17) is 4.74 Å². The van der Waals surface area contributed by atoms with Crippen molar-refractivity contribution in [3.8, 4) is 0 Å². The zero-order chi connectivity index (χ0) is 18.1. The Morgan fingerprint density at radius 2 is 2.12 bits per heavy atom. The summed E-state index contributed by atoms with van der Waals surface area (Å²) in [5, 5.41) is 9.39. The quantitative estimate of drug-likeness (QED) is 0.239. The van der Waals surface area contributed by atoms with E-state index in [0.29, 0.717) is 24.9 Å². The van der Waals surface area contributed by atoms with Gasteiger partial charge >= 0.3 is 6.18 Å². The molecule has 1 atom stereocenters. The van der Waals surface area contributed by atoms with Crippen LogP contribution in [0.3, 0.4) is 0 Å². The third-order valence-corrected chi connectivity index (χ3v) is 3.79. The van der Waals surface area contributed by atoms with E-state index in [1.165, 1.54) is 6.07 Å². The molecular weight excluding hydrogens is 462 g/mol. The van der Waals surface area contributed by atoms with E-state index in [9.17, 15) is 13.2 Å². The minimum Gasteiger partial charge on any atom is -0.376 e. The van der Waals surface area contributed by atoms with Crippen molar-refractivity contribution in [1.82, 2.24) is 15.6 Å². The largest absolute Gasteiger partial charge is 0.417 e. The molecule has 148 valence electrons. The van der Waals surface area contributed by atoms with Crippen molar-refractivity contribution < 1.29 is 17.9 Å². The number of nitrogens with one attached hydrogen (secondary N) is 3. The Bertz CT molecular complexity index is 548. The lowest BCUT2D eigenvalue weighted by Gasteiger charge is -2.15. The number of ether oxygens (including phenoxy) is 1. The van der Waals surface area contributed by atoms with Crippen LogP contribution in [0.15, 0.2) is 23.3 Å². The average molecular weight is 487 g/mol. The Morgan fingerprint density at radius 1 is 1.31 bits per heavy atom. The second-order valence-corrected chi connectivity index (χ2v) is 5.73. The van der Waals surface area contributed by atoms with Gasteiger partial charge in [-0.25, -0.2) is 4.98 Å². The molecule has 3 N–H and O–H groups in total. The maximum absolute atomic E-state index is 12.4. The zero-order valence-corrected chi connectivity index (χ0v) is 16.9. The molecule has 2 rings (SSSR count). The number of hydrogen-bond acceptors (Lipinski definition) is 4. The van der Waals surface area contributed by atoms with Gasteiger partial charge in [0.25, 0.3) is 0 Å². The van der Waals surface area contributed by atoms with Crippen molar-refractivity contribution in [2.24, 2.45) is 4.99 Å². The first-order valence-corrected chi connectivity index (χ1v) is 8.32. The zero-order valence-electron chi connectivity index (χ0n) is 14.6. The van der Waals surface area contributed by atoms with E-state index < -0.39 is 11.7 Å². The predicted octanol–water partition coefficient (Wildman–Crippen LogP) is 2.86. The fourth-order valence-electron chi connectivity index (χ4n) is 2.41. The topological polar surface area (TPSA) is 70.6 Å². The van der Waals surface area contributed by atoms with Crippen LogP contribution in [0.4, 0.5) is 19.0 Å². The molecule has 1 unspecified atom stereocenters. The number of aromatic nitrogens is 1. The highest BCUT2D eigenvalue weighted by Crippen LogP contribution is 2.28. The van der Waals surface area contributed by atoms with Crippen molar-refractivity contribution in [1.29, 1.82) is 0 Å². The van der Waals surface area contributed by atoms with Gasteiger partial charge < -0.3 is 20.7 Å². The number of anilines is 1. The standard InChI is InChI=1S/C16H24F3N5O.HI/c1-20-15(24-11-13-4-2-9-25-13)22-8-3-7-21-14-6-5-12(10-23-14)16(17,18)19;/h5-6,10,13H,2-4,7-9,11H2,1H3,(H,21,23)(H2,20,22,24);1H. The molecule has 26 heavy (non-hydrogen) atoms. The molecule has 1 aromatic rings. The molecule has 1 aromatic heterocycles. The van der Waals surface area contributed by atoms with Crippen molar-refractivity contribution >= 4 is 35.8 Å². The number of halogens is 4. The third kappa shape index (κ3) is 7.94. The van der Waals surface area contributed by atoms with Crippen LogP contribution in [0.5, 0.6) is 0 Å². The van der Waals surface area contributed by atoms with Gasteiger partial charge in [0.2, 0.25) is 0 Å². The van der Waals surface area contributed by atoms with E-state index in [1.807, 2.05) is 0 Å². The van der Waals surface area contributed by atoms with Crippen molar-refractivity contribution in [2.45, 2.75) is 31.5 Å². The summed E-state index contributed by atoms with van der Waals surface area (Å²) in [7, 11) is 1.70. The van der Waals surface area contributed by atoms with Crippen LogP contribution in [0.2, 0.25) is 0 Å². The third-order valence-electron chi connectivity index (χ3n) is 3.79. The van der Waals surface area contributed by atoms with Crippen molar-refractivity contribution in [3.63, 3.8) is 0 Å². The molecule has 0 radical (unpaired) electrons. The smallest absolute Gasteiger partial charge is 0.376 e. The highest BCUT2D eigenvalue weighted by Gasteiger charge is 2.30. The first-order valence-electron chi connectivity index (χ1n) is 8.32. The number of aliphatic imine (C=N–C) groups is 1. The molecule has 2 heterocycles. The molecule has 0 bridgehead atoms. The predicted molar refractivity (Wildman–Crippen MR) is 106 cm³/mol.